The van der Waals surface area contributed by atoms with Crippen LogP contribution in [0.4, 0.5) is 0 Å². The van der Waals surface area contributed by atoms with Crippen LogP contribution in [0.5, 0.6) is 0 Å². The van der Waals surface area contributed by atoms with Crippen LogP contribution in [-0.4, -0.2) is 73.1 Å². The van der Waals surface area contributed by atoms with Crippen LogP contribution in [0.25, 0.3) is 0 Å². The van der Waals surface area contributed by atoms with Gasteiger partial charge in [-0.3, -0.25) is 9.80 Å². The molecule has 3 aliphatic heterocycles. The summed E-state index contributed by atoms with van der Waals surface area (Å²) in [7, 11) is 2.26. The second kappa shape index (κ2) is 5.34. The van der Waals surface area contributed by atoms with Gasteiger partial charge in [-0.25, -0.2) is 0 Å². The fourth-order valence-corrected chi connectivity index (χ4v) is 4.27. The molecule has 0 aromatic carbocycles. The quantitative estimate of drug-likeness (QED) is 0.755. The molecular weight excluding hydrogens is 234 g/mol. The van der Waals surface area contributed by atoms with Gasteiger partial charge in [0.05, 0.1) is 0 Å². The van der Waals surface area contributed by atoms with E-state index in [-0.39, 0.29) is 0 Å². The molecule has 19 heavy (non-hydrogen) atoms. The lowest BCUT2D eigenvalue weighted by Crippen LogP contribution is -2.57. The second-order valence-corrected chi connectivity index (χ2v) is 7.68. The first-order valence-electron chi connectivity index (χ1n) is 8.22. The van der Waals surface area contributed by atoms with Gasteiger partial charge in [-0.2, -0.15) is 0 Å². The summed E-state index contributed by atoms with van der Waals surface area (Å²) < 4.78 is 0. The van der Waals surface area contributed by atoms with Crippen molar-refractivity contribution in [3.05, 3.63) is 0 Å². The van der Waals surface area contributed by atoms with E-state index in [0.717, 1.165) is 12.1 Å². The van der Waals surface area contributed by atoms with Gasteiger partial charge in [0, 0.05) is 31.7 Å². The standard InChI is InChI=1S/C16H31N3/c1-14-11-18-8-4-5-15(18)12-19(14)13-16(2)6-9-17(3)10-7-16/h14-15H,4-13H2,1-3H3. The lowest BCUT2D eigenvalue weighted by atomic mass is 9.79. The number of fused-ring (bicyclic) bond motifs is 1. The highest BCUT2D eigenvalue weighted by molar-refractivity contribution is 4.93. The lowest BCUT2D eigenvalue weighted by molar-refractivity contribution is 0.0112. The van der Waals surface area contributed by atoms with E-state index in [2.05, 4.69) is 35.6 Å². The first-order valence-corrected chi connectivity index (χ1v) is 8.22. The summed E-state index contributed by atoms with van der Waals surface area (Å²) in [5.41, 5.74) is 0.557. The summed E-state index contributed by atoms with van der Waals surface area (Å²) in [4.78, 5) is 8.02. The molecule has 3 rings (SSSR count). The summed E-state index contributed by atoms with van der Waals surface area (Å²) in [5, 5.41) is 0. The van der Waals surface area contributed by atoms with E-state index >= 15 is 0 Å². The van der Waals surface area contributed by atoms with E-state index < -0.39 is 0 Å². The summed E-state index contributed by atoms with van der Waals surface area (Å²) in [5.74, 6) is 0. The largest absolute Gasteiger partial charge is 0.306 e. The Morgan fingerprint density at radius 3 is 2.58 bits per heavy atom. The van der Waals surface area contributed by atoms with Crippen molar-refractivity contribution >= 4 is 0 Å². The Morgan fingerprint density at radius 1 is 1.11 bits per heavy atom. The van der Waals surface area contributed by atoms with Gasteiger partial charge < -0.3 is 4.90 Å². The Labute approximate surface area is 118 Å². The van der Waals surface area contributed by atoms with Crippen LogP contribution < -0.4 is 0 Å². The molecule has 0 aromatic heterocycles. The maximum atomic E-state index is 2.80. The van der Waals surface area contributed by atoms with E-state index in [1.54, 1.807) is 0 Å². The van der Waals surface area contributed by atoms with Crippen LogP contribution in [0.2, 0.25) is 0 Å². The molecular formula is C16H31N3. The average molecular weight is 265 g/mol. The molecule has 3 fully saturated rings. The zero-order valence-corrected chi connectivity index (χ0v) is 13.1. The van der Waals surface area contributed by atoms with Crippen molar-refractivity contribution in [3.8, 4) is 0 Å². The minimum atomic E-state index is 0.557. The topological polar surface area (TPSA) is 9.72 Å². The van der Waals surface area contributed by atoms with Crippen LogP contribution in [0, 0.1) is 5.41 Å². The minimum Gasteiger partial charge on any atom is -0.306 e. The van der Waals surface area contributed by atoms with E-state index in [4.69, 9.17) is 0 Å². The number of hydrogen-bond acceptors (Lipinski definition) is 3. The van der Waals surface area contributed by atoms with Crippen LogP contribution >= 0.6 is 0 Å². The predicted octanol–water partition coefficient (Wildman–Crippen LogP) is 1.89. The highest BCUT2D eigenvalue weighted by Gasteiger charge is 2.38. The number of piperazine rings is 1. The monoisotopic (exact) mass is 265 g/mol. The number of likely N-dealkylation sites (tertiary alicyclic amines) is 1. The molecule has 2 atom stereocenters. The third kappa shape index (κ3) is 2.98. The third-order valence-corrected chi connectivity index (χ3v) is 5.85. The number of hydrogen-bond donors (Lipinski definition) is 0. The van der Waals surface area contributed by atoms with Gasteiger partial charge in [-0.15, -0.1) is 0 Å². The normalized spacial score (nSPS) is 37.4. The summed E-state index contributed by atoms with van der Waals surface area (Å²) in [6.45, 7) is 12.8. The van der Waals surface area contributed by atoms with Crippen molar-refractivity contribution in [3.63, 3.8) is 0 Å². The molecule has 0 saturated carbocycles. The first-order chi connectivity index (χ1) is 9.06. The van der Waals surface area contributed by atoms with Gasteiger partial charge in [0.2, 0.25) is 0 Å². The molecule has 3 nitrogen and oxygen atoms in total. The number of nitrogens with zero attached hydrogens (tertiary/aromatic N) is 3. The molecule has 3 saturated heterocycles. The number of piperidine rings is 1. The predicted molar refractivity (Wildman–Crippen MR) is 80.5 cm³/mol. The molecule has 0 spiro atoms. The number of rotatable bonds is 2. The molecule has 0 aliphatic carbocycles. The molecule has 110 valence electrons. The summed E-state index contributed by atoms with van der Waals surface area (Å²) in [6.07, 6.45) is 5.61. The van der Waals surface area contributed by atoms with Crippen molar-refractivity contribution < 1.29 is 0 Å². The van der Waals surface area contributed by atoms with E-state index in [1.807, 2.05) is 0 Å². The molecule has 3 heterocycles. The third-order valence-electron chi connectivity index (χ3n) is 5.85. The smallest absolute Gasteiger partial charge is 0.0224 e. The summed E-state index contributed by atoms with van der Waals surface area (Å²) >= 11 is 0. The van der Waals surface area contributed by atoms with E-state index in [1.165, 1.54) is 65.0 Å². The Hall–Kier alpha value is -0.120. The SMILES string of the molecule is CC1CN2CCCC2CN1CC1(C)CCN(C)CC1. The molecule has 0 bridgehead atoms. The zero-order valence-electron chi connectivity index (χ0n) is 13.1. The molecule has 3 aliphatic rings. The Kier molecular flexibility index (Phi) is 3.89. The van der Waals surface area contributed by atoms with Crippen molar-refractivity contribution in [1.82, 2.24) is 14.7 Å². The summed E-state index contributed by atoms with van der Waals surface area (Å²) in [6, 6.07) is 1.62. The highest BCUT2D eigenvalue weighted by atomic mass is 15.3. The molecule has 3 heteroatoms. The van der Waals surface area contributed by atoms with Gasteiger partial charge in [0.15, 0.2) is 0 Å². The fraction of sp³-hybridized carbons (Fsp3) is 1.00. The zero-order chi connectivity index (χ0) is 13.5. The fourth-order valence-electron chi connectivity index (χ4n) is 4.27. The maximum Gasteiger partial charge on any atom is 0.0224 e. The average Bonchev–Trinajstić information content (AvgIpc) is 2.81. The molecule has 2 unspecified atom stereocenters. The van der Waals surface area contributed by atoms with Gasteiger partial charge in [-0.05, 0) is 64.7 Å². The maximum absolute atomic E-state index is 2.80. The van der Waals surface area contributed by atoms with Crippen molar-refractivity contribution in [2.45, 2.75) is 51.6 Å². The molecule has 0 aromatic rings. The van der Waals surface area contributed by atoms with Gasteiger partial charge >= 0.3 is 0 Å². The highest BCUT2D eigenvalue weighted by Crippen LogP contribution is 2.34. The van der Waals surface area contributed by atoms with Crippen LogP contribution in [0.15, 0.2) is 0 Å². The molecule has 0 N–H and O–H groups in total. The Morgan fingerprint density at radius 2 is 1.84 bits per heavy atom. The lowest BCUT2D eigenvalue weighted by Gasteiger charge is -2.47. The van der Waals surface area contributed by atoms with Crippen LogP contribution in [0.3, 0.4) is 0 Å². The van der Waals surface area contributed by atoms with E-state index in [9.17, 15) is 0 Å². The van der Waals surface area contributed by atoms with Gasteiger partial charge in [0.25, 0.3) is 0 Å². The van der Waals surface area contributed by atoms with Crippen LogP contribution in [-0.2, 0) is 0 Å². The van der Waals surface area contributed by atoms with Crippen molar-refractivity contribution in [2.24, 2.45) is 5.41 Å². The first kappa shape index (κ1) is 13.8. The minimum absolute atomic E-state index is 0.557. The Balaban J connectivity index is 1.59. The molecule has 0 amide bonds. The second-order valence-electron chi connectivity index (χ2n) is 7.68. The van der Waals surface area contributed by atoms with Gasteiger partial charge in [0.1, 0.15) is 0 Å². The van der Waals surface area contributed by atoms with Crippen LogP contribution in [0.1, 0.15) is 39.5 Å². The van der Waals surface area contributed by atoms with Crippen molar-refractivity contribution in [1.29, 1.82) is 0 Å². The van der Waals surface area contributed by atoms with Crippen molar-refractivity contribution in [2.75, 3.05) is 46.3 Å². The molecule has 0 radical (unpaired) electrons. The van der Waals surface area contributed by atoms with E-state index in [0.29, 0.717) is 5.41 Å². The Bertz CT molecular complexity index is 309. The van der Waals surface area contributed by atoms with Gasteiger partial charge in [-0.1, -0.05) is 6.92 Å².